The molecule has 0 atom stereocenters. The van der Waals surface area contributed by atoms with Crippen molar-refractivity contribution in [1.29, 1.82) is 0 Å². The van der Waals surface area contributed by atoms with Crippen LogP contribution in [0.5, 0.6) is 0 Å². The summed E-state index contributed by atoms with van der Waals surface area (Å²) in [5, 5.41) is 24.3. The summed E-state index contributed by atoms with van der Waals surface area (Å²) in [6.07, 6.45) is 4.90. The summed E-state index contributed by atoms with van der Waals surface area (Å²) in [7, 11) is 1.87. The third-order valence-electron chi connectivity index (χ3n) is 7.18. The van der Waals surface area contributed by atoms with Gasteiger partial charge in [0.15, 0.2) is 0 Å². The quantitative estimate of drug-likeness (QED) is 0.155. The number of nitrogens with one attached hydrogen (secondary N) is 1. The van der Waals surface area contributed by atoms with E-state index in [-0.39, 0.29) is 0 Å². The van der Waals surface area contributed by atoms with Gasteiger partial charge >= 0.3 is 0 Å². The molecule has 5 rings (SSSR count). The molecule has 3 heterocycles. The van der Waals surface area contributed by atoms with E-state index in [9.17, 15) is 0 Å². The Hall–Kier alpha value is -4.20. The average Bonchev–Trinajstić information content (AvgIpc) is 3.75. The van der Waals surface area contributed by atoms with Crippen LogP contribution in [-0.4, -0.2) is 81.1 Å². The Morgan fingerprint density at radius 3 is 2.11 bits per heavy atom. The van der Waals surface area contributed by atoms with Crippen molar-refractivity contribution in [3.05, 3.63) is 58.9 Å². The summed E-state index contributed by atoms with van der Waals surface area (Å²) in [4.78, 5) is 1.83. The van der Waals surface area contributed by atoms with Gasteiger partial charge in [0.1, 0.15) is 11.4 Å². The Bertz CT molecular complexity index is 1600. The molecule has 0 spiro atoms. The van der Waals surface area contributed by atoms with Gasteiger partial charge in [0.05, 0.1) is 68.0 Å². The lowest BCUT2D eigenvalue weighted by molar-refractivity contribution is -0.559. The summed E-state index contributed by atoms with van der Waals surface area (Å²) in [5.41, 5.74) is 13.4. The third-order valence-corrected chi connectivity index (χ3v) is 7.18. The lowest BCUT2D eigenvalue weighted by Gasteiger charge is -2.20. The molecule has 4 aromatic rings. The zero-order valence-electron chi connectivity index (χ0n) is 26.6. The van der Waals surface area contributed by atoms with Gasteiger partial charge in [-0.3, -0.25) is 4.68 Å². The van der Waals surface area contributed by atoms with E-state index in [0.29, 0.717) is 46.2 Å². The number of aromatic nitrogens is 6. The zero-order valence-corrected chi connectivity index (χ0v) is 26.6. The molecule has 0 fully saturated rings. The van der Waals surface area contributed by atoms with Crippen molar-refractivity contribution < 1.29 is 19.0 Å². The highest BCUT2D eigenvalue weighted by Crippen LogP contribution is 2.37. The van der Waals surface area contributed by atoms with Crippen LogP contribution in [0.1, 0.15) is 35.6 Å². The maximum atomic E-state index is 5.74. The first kappa shape index (κ1) is 31.2. The Morgan fingerprint density at radius 2 is 1.41 bits per heavy atom. The van der Waals surface area contributed by atoms with Crippen LogP contribution in [0.3, 0.4) is 0 Å². The number of nitrogens with zero attached hydrogens (tertiary/aromatic N) is 9. The highest BCUT2D eigenvalue weighted by Gasteiger charge is 2.32. The average molecular weight is 604 g/mol. The van der Waals surface area contributed by atoms with Crippen molar-refractivity contribution in [1.82, 2.24) is 35.5 Å². The van der Waals surface area contributed by atoms with Crippen molar-refractivity contribution in [2.24, 2.45) is 12.2 Å². The van der Waals surface area contributed by atoms with Crippen molar-refractivity contribution in [3.8, 4) is 22.5 Å². The number of ether oxygens (including phenoxy) is 3. The summed E-state index contributed by atoms with van der Waals surface area (Å²) in [6.45, 7) is 15.0. The summed E-state index contributed by atoms with van der Waals surface area (Å²) in [6, 6.07) is 8.58. The van der Waals surface area contributed by atoms with E-state index in [1.807, 2.05) is 33.9 Å². The van der Waals surface area contributed by atoms with Crippen LogP contribution in [0, 0.1) is 27.7 Å². The second-order valence-corrected chi connectivity index (χ2v) is 11.1. The van der Waals surface area contributed by atoms with Gasteiger partial charge in [0.2, 0.25) is 6.67 Å². The van der Waals surface area contributed by atoms with Crippen LogP contribution < -0.4 is 10.5 Å². The predicted molar refractivity (Wildman–Crippen MR) is 166 cm³/mol. The van der Waals surface area contributed by atoms with Crippen molar-refractivity contribution in [3.63, 3.8) is 0 Å². The van der Waals surface area contributed by atoms with Gasteiger partial charge in [-0.15, -0.1) is 10.2 Å². The van der Waals surface area contributed by atoms with Crippen LogP contribution in [0.4, 0.5) is 11.4 Å². The monoisotopic (exact) mass is 603 g/mol. The fraction of sp³-hybridized carbons (Fsp3) is 0.484. The van der Waals surface area contributed by atoms with Crippen LogP contribution >= 0.6 is 0 Å². The van der Waals surface area contributed by atoms with Gasteiger partial charge in [-0.2, -0.15) is 0 Å². The number of rotatable bonds is 15. The van der Waals surface area contributed by atoms with E-state index in [1.165, 1.54) is 0 Å². The summed E-state index contributed by atoms with van der Waals surface area (Å²) < 4.78 is 20.2. The first-order valence-corrected chi connectivity index (χ1v) is 15.1. The highest BCUT2D eigenvalue weighted by atomic mass is 16.5. The molecule has 13 heteroatoms. The number of anilines is 1. The third kappa shape index (κ3) is 7.47. The largest absolute Gasteiger partial charge is 0.379 e. The number of azo groups is 1. The first-order valence-electron chi connectivity index (χ1n) is 15.1. The van der Waals surface area contributed by atoms with E-state index in [0.717, 1.165) is 69.2 Å². The standard InChI is InChI=1S/C31H43N10O3/c1-7-9-42-11-13-44-14-12-43-10-8-39-20-29(34-36-39)26-17-22(2)15-24(4)30(26)40-21-32-41(37-40)31-25(5)16-23(3)18-27(31)28-19-38(6)35-33-28/h15-20H,7-14,21H2,1-6H3,(H,32,37)/q+1. The minimum absolute atomic E-state index is 0.416. The molecule has 0 saturated heterocycles. The predicted octanol–water partition coefficient (Wildman–Crippen LogP) is 4.43. The van der Waals surface area contributed by atoms with Gasteiger partial charge < -0.3 is 14.2 Å². The van der Waals surface area contributed by atoms with Crippen molar-refractivity contribution in [2.75, 3.05) is 51.3 Å². The van der Waals surface area contributed by atoms with Gasteiger partial charge in [0, 0.05) is 29.9 Å². The normalized spacial score (nSPS) is 13.0. The van der Waals surface area contributed by atoms with Crippen molar-refractivity contribution in [2.45, 2.75) is 47.6 Å². The van der Waals surface area contributed by atoms with E-state index in [2.05, 4.69) is 85.0 Å². The fourth-order valence-corrected chi connectivity index (χ4v) is 5.34. The lowest BCUT2D eigenvalue weighted by Crippen LogP contribution is -2.37. The molecule has 44 heavy (non-hydrogen) atoms. The zero-order chi connectivity index (χ0) is 31.1. The smallest absolute Gasteiger partial charge is 0.279 e. The Labute approximate surface area is 258 Å². The number of hydrazine groups is 2. The Balaban J connectivity index is 1.26. The summed E-state index contributed by atoms with van der Waals surface area (Å²) >= 11 is 0. The molecular weight excluding hydrogens is 560 g/mol. The minimum Gasteiger partial charge on any atom is -0.379 e. The number of aryl methyl sites for hydroxylation is 5. The van der Waals surface area contributed by atoms with Gasteiger partial charge in [-0.05, 0) is 63.4 Å². The molecule has 1 aliphatic rings. The lowest BCUT2D eigenvalue weighted by atomic mass is 10.0. The molecule has 0 saturated carbocycles. The van der Waals surface area contributed by atoms with Gasteiger partial charge in [0.25, 0.3) is 5.69 Å². The molecule has 0 aliphatic carbocycles. The van der Waals surface area contributed by atoms with Crippen LogP contribution in [0.15, 0.2) is 41.8 Å². The second-order valence-electron chi connectivity index (χ2n) is 11.1. The number of benzene rings is 2. The van der Waals surface area contributed by atoms with Crippen molar-refractivity contribution >= 4 is 11.4 Å². The Morgan fingerprint density at radius 1 is 0.773 bits per heavy atom. The maximum absolute atomic E-state index is 5.74. The topological polar surface area (TPSA) is 120 Å². The molecule has 13 nitrogen and oxygen atoms in total. The van der Waals surface area contributed by atoms with Gasteiger partial charge in [-0.25, -0.2) is 9.69 Å². The SMILES string of the molecule is CCCOCCOCCOCCn1cc(-c2cc(C)cc(C)c2N2CN=[N+](c3c(C)cc(C)cc3-c3cn(C)nn3)N2)nn1. The van der Waals surface area contributed by atoms with E-state index < -0.39 is 0 Å². The van der Waals surface area contributed by atoms with E-state index >= 15 is 0 Å². The molecule has 1 aliphatic heterocycles. The molecule has 234 valence electrons. The molecular formula is C31H43N10O3+. The minimum atomic E-state index is 0.416. The molecule has 1 N–H and O–H groups in total. The highest BCUT2D eigenvalue weighted by molar-refractivity contribution is 5.79. The molecule has 0 amide bonds. The molecule has 0 unspecified atom stereocenters. The second kappa shape index (κ2) is 14.5. The molecule has 2 aromatic carbocycles. The van der Waals surface area contributed by atoms with Crippen LogP contribution in [-0.2, 0) is 27.8 Å². The van der Waals surface area contributed by atoms with E-state index in [4.69, 9.17) is 19.3 Å². The Kier molecular flexibility index (Phi) is 10.3. The molecule has 0 radical (unpaired) electrons. The molecule has 0 bridgehead atoms. The maximum Gasteiger partial charge on any atom is 0.279 e. The first-order chi connectivity index (χ1) is 21.3. The van der Waals surface area contributed by atoms with E-state index in [1.54, 1.807) is 4.68 Å². The fourth-order valence-electron chi connectivity index (χ4n) is 5.34. The van der Waals surface area contributed by atoms with Gasteiger partial charge in [-0.1, -0.05) is 34.5 Å². The van der Waals surface area contributed by atoms with Crippen LogP contribution in [0.2, 0.25) is 0 Å². The molecule has 2 aromatic heterocycles. The number of hydrogen-bond donors (Lipinski definition) is 1. The van der Waals surface area contributed by atoms with Crippen LogP contribution in [0.25, 0.3) is 22.5 Å². The number of hydrogen-bond acceptors (Lipinski definition) is 10. The summed E-state index contributed by atoms with van der Waals surface area (Å²) in [5.74, 6) is 0.